The molecule has 2 rings (SSSR count). The average Bonchev–Trinajstić information content (AvgIpc) is 2.71. The SMILES string of the molecule is CCCCn1c(N)c(N(CC)CC(=O)NCCCc2ccccc2)c(=O)[nH]c1=O. The summed E-state index contributed by atoms with van der Waals surface area (Å²) in [5.74, 6) is -0.0871. The van der Waals surface area contributed by atoms with Crippen LogP contribution in [0.5, 0.6) is 0 Å². The minimum atomic E-state index is -0.570. The number of likely N-dealkylation sites (N-methyl/N-ethyl adjacent to an activating group) is 1. The number of H-pyrrole nitrogens is 1. The van der Waals surface area contributed by atoms with Gasteiger partial charge in [0.05, 0.1) is 6.54 Å². The third-order valence-electron chi connectivity index (χ3n) is 4.79. The zero-order chi connectivity index (χ0) is 21.2. The van der Waals surface area contributed by atoms with Gasteiger partial charge in [-0.25, -0.2) is 4.79 Å². The summed E-state index contributed by atoms with van der Waals surface area (Å²) in [6, 6.07) is 10.1. The standard InChI is InChI=1S/C21H31N5O3/c1-3-5-14-26-19(22)18(20(28)24-21(26)29)25(4-2)15-17(27)23-13-9-12-16-10-7-6-8-11-16/h6-8,10-11H,3-5,9,12-15,22H2,1-2H3,(H,23,27)(H,24,28,29). The van der Waals surface area contributed by atoms with Crippen molar-refractivity contribution in [2.24, 2.45) is 0 Å². The van der Waals surface area contributed by atoms with Gasteiger partial charge in [-0.2, -0.15) is 0 Å². The molecule has 1 amide bonds. The normalized spacial score (nSPS) is 10.7. The minimum Gasteiger partial charge on any atom is -0.383 e. The molecular weight excluding hydrogens is 370 g/mol. The Hall–Kier alpha value is -3.03. The summed E-state index contributed by atoms with van der Waals surface area (Å²) < 4.78 is 1.36. The fourth-order valence-electron chi connectivity index (χ4n) is 3.16. The number of hydrogen-bond donors (Lipinski definition) is 3. The second kappa shape index (κ2) is 11.1. The quantitative estimate of drug-likeness (QED) is 0.494. The van der Waals surface area contributed by atoms with Gasteiger partial charge >= 0.3 is 5.69 Å². The Kier molecular flexibility index (Phi) is 8.51. The summed E-state index contributed by atoms with van der Waals surface area (Å²) in [5, 5.41) is 2.88. The number of nitrogens with one attached hydrogen (secondary N) is 2. The number of aromatic nitrogens is 2. The molecule has 0 bridgehead atoms. The molecule has 2 aromatic rings. The van der Waals surface area contributed by atoms with Crippen molar-refractivity contribution in [1.29, 1.82) is 0 Å². The molecule has 1 aromatic carbocycles. The molecule has 0 saturated carbocycles. The highest BCUT2D eigenvalue weighted by Gasteiger charge is 2.19. The fourth-order valence-corrected chi connectivity index (χ4v) is 3.16. The zero-order valence-corrected chi connectivity index (χ0v) is 17.2. The number of unbranched alkanes of at least 4 members (excludes halogenated alkanes) is 1. The van der Waals surface area contributed by atoms with E-state index in [2.05, 4.69) is 22.4 Å². The molecule has 0 saturated heterocycles. The summed E-state index contributed by atoms with van der Waals surface area (Å²) in [4.78, 5) is 40.7. The number of anilines is 2. The molecule has 0 atom stereocenters. The van der Waals surface area contributed by atoms with E-state index in [4.69, 9.17) is 5.73 Å². The van der Waals surface area contributed by atoms with E-state index in [1.807, 2.05) is 32.0 Å². The molecule has 158 valence electrons. The molecule has 0 aliphatic heterocycles. The summed E-state index contributed by atoms with van der Waals surface area (Å²) in [5.41, 5.74) is 6.44. The van der Waals surface area contributed by atoms with Crippen LogP contribution in [0.25, 0.3) is 0 Å². The largest absolute Gasteiger partial charge is 0.383 e. The van der Waals surface area contributed by atoms with Gasteiger partial charge in [0.2, 0.25) is 5.91 Å². The first kappa shape index (κ1) is 22.3. The van der Waals surface area contributed by atoms with Gasteiger partial charge in [0, 0.05) is 19.6 Å². The topological polar surface area (TPSA) is 113 Å². The van der Waals surface area contributed by atoms with Crippen molar-refractivity contribution in [3.8, 4) is 0 Å². The van der Waals surface area contributed by atoms with Crippen molar-refractivity contribution in [3.63, 3.8) is 0 Å². The first-order valence-corrected chi connectivity index (χ1v) is 10.2. The number of carbonyl (C=O) groups excluding carboxylic acids is 1. The Bertz CT molecular complexity index is 905. The Morgan fingerprint density at radius 1 is 1.17 bits per heavy atom. The third kappa shape index (κ3) is 6.23. The smallest absolute Gasteiger partial charge is 0.330 e. The minimum absolute atomic E-state index is 0.00109. The second-order valence-electron chi connectivity index (χ2n) is 6.95. The Morgan fingerprint density at radius 3 is 2.55 bits per heavy atom. The maximum absolute atomic E-state index is 12.4. The van der Waals surface area contributed by atoms with E-state index in [9.17, 15) is 14.4 Å². The predicted octanol–water partition coefficient (Wildman–Crippen LogP) is 1.49. The highest BCUT2D eigenvalue weighted by molar-refractivity contribution is 5.82. The number of rotatable bonds is 11. The second-order valence-corrected chi connectivity index (χ2v) is 6.95. The molecule has 1 heterocycles. The molecule has 0 aliphatic rings. The summed E-state index contributed by atoms with van der Waals surface area (Å²) in [6.45, 7) is 5.23. The van der Waals surface area contributed by atoms with E-state index >= 15 is 0 Å². The van der Waals surface area contributed by atoms with Crippen molar-refractivity contribution in [1.82, 2.24) is 14.9 Å². The molecule has 0 unspecified atom stereocenters. The van der Waals surface area contributed by atoms with Crippen LogP contribution < -0.4 is 27.2 Å². The van der Waals surface area contributed by atoms with E-state index < -0.39 is 11.2 Å². The van der Waals surface area contributed by atoms with Crippen LogP contribution >= 0.6 is 0 Å². The Labute approximate surface area is 170 Å². The average molecular weight is 402 g/mol. The van der Waals surface area contributed by atoms with E-state index in [1.54, 1.807) is 4.90 Å². The van der Waals surface area contributed by atoms with Crippen molar-refractivity contribution in [2.45, 2.75) is 46.1 Å². The van der Waals surface area contributed by atoms with Crippen LogP contribution in [-0.2, 0) is 17.8 Å². The Balaban J connectivity index is 2.00. The van der Waals surface area contributed by atoms with Gasteiger partial charge in [-0.3, -0.25) is 19.1 Å². The van der Waals surface area contributed by atoms with Crippen LogP contribution in [0.1, 0.15) is 38.7 Å². The summed E-state index contributed by atoms with van der Waals surface area (Å²) >= 11 is 0. The first-order chi connectivity index (χ1) is 14.0. The lowest BCUT2D eigenvalue weighted by Gasteiger charge is -2.24. The lowest BCUT2D eigenvalue weighted by molar-refractivity contribution is -0.119. The molecule has 0 aliphatic carbocycles. The van der Waals surface area contributed by atoms with E-state index in [1.165, 1.54) is 10.1 Å². The molecule has 8 nitrogen and oxygen atoms in total. The molecule has 0 fully saturated rings. The molecule has 0 radical (unpaired) electrons. The maximum atomic E-state index is 12.4. The fraction of sp³-hybridized carbons (Fsp3) is 0.476. The van der Waals surface area contributed by atoms with Crippen LogP contribution in [-0.4, -0.2) is 35.1 Å². The van der Waals surface area contributed by atoms with Crippen molar-refractivity contribution in [2.75, 3.05) is 30.3 Å². The zero-order valence-electron chi connectivity index (χ0n) is 17.2. The van der Waals surface area contributed by atoms with Crippen LogP contribution in [0.4, 0.5) is 11.5 Å². The van der Waals surface area contributed by atoms with E-state index in [0.29, 0.717) is 19.6 Å². The number of benzene rings is 1. The van der Waals surface area contributed by atoms with Gasteiger partial charge in [0.15, 0.2) is 0 Å². The van der Waals surface area contributed by atoms with Crippen molar-refractivity contribution >= 4 is 17.4 Å². The maximum Gasteiger partial charge on any atom is 0.330 e. The van der Waals surface area contributed by atoms with Crippen LogP contribution in [0.2, 0.25) is 0 Å². The monoisotopic (exact) mass is 401 g/mol. The number of aromatic amines is 1. The van der Waals surface area contributed by atoms with Crippen LogP contribution in [0.3, 0.4) is 0 Å². The van der Waals surface area contributed by atoms with Crippen LogP contribution in [0.15, 0.2) is 39.9 Å². The lowest BCUT2D eigenvalue weighted by atomic mass is 10.1. The predicted molar refractivity (Wildman–Crippen MR) is 116 cm³/mol. The third-order valence-corrected chi connectivity index (χ3v) is 4.79. The number of carbonyl (C=O) groups is 1. The van der Waals surface area contributed by atoms with Crippen LogP contribution in [0, 0.1) is 0 Å². The lowest BCUT2D eigenvalue weighted by Crippen LogP contribution is -2.43. The number of aryl methyl sites for hydroxylation is 1. The molecule has 0 spiro atoms. The van der Waals surface area contributed by atoms with E-state index in [0.717, 1.165) is 25.7 Å². The summed E-state index contributed by atoms with van der Waals surface area (Å²) in [6.07, 6.45) is 3.37. The molecular formula is C21H31N5O3. The van der Waals surface area contributed by atoms with Gasteiger partial charge in [0.25, 0.3) is 5.56 Å². The Morgan fingerprint density at radius 2 is 1.90 bits per heavy atom. The highest BCUT2D eigenvalue weighted by Crippen LogP contribution is 2.16. The van der Waals surface area contributed by atoms with Crippen molar-refractivity contribution < 1.29 is 4.79 Å². The number of amides is 1. The number of nitrogens with two attached hydrogens (primary N) is 1. The van der Waals surface area contributed by atoms with Gasteiger partial charge < -0.3 is 16.0 Å². The molecule has 1 aromatic heterocycles. The molecule has 29 heavy (non-hydrogen) atoms. The summed E-state index contributed by atoms with van der Waals surface area (Å²) in [7, 11) is 0. The molecule has 4 N–H and O–H groups in total. The van der Waals surface area contributed by atoms with Gasteiger partial charge in [-0.1, -0.05) is 43.7 Å². The van der Waals surface area contributed by atoms with Gasteiger partial charge in [-0.15, -0.1) is 0 Å². The van der Waals surface area contributed by atoms with Gasteiger partial charge in [0.1, 0.15) is 11.5 Å². The first-order valence-electron chi connectivity index (χ1n) is 10.2. The number of nitrogens with zero attached hydrogens (tertiary/aromatic N) is 2. The highest BCUT2D eigenvalue weighted by atomic mass is 16.2. The number of nitrogen functional groups attached to an aromatic ring is 1. The molecule has 8 heteroatoms. The van der Waals surface area contributed by atoms with E-state index in [-0.39, 0.29) is 24.0 Å². The van der Waals surface area contributed by atoms with Gasteiger partial charge in [-0.05, 0) is 31.7 Å². The van der Waals surface area contributed by atoms with Crippen molar-refractivity contribution in [3.05, 3.63) is 56.7 Å². The number of hydrogen-bond acceptors (Lipinski definition) is 5.